The Balaban J connectivity index is 2.23. The maximum absolute atomic E-state index is 10.3. The van der Waals surface area contributed by atoms with Gasteiger partial charge in [0, 0.05) is 5.02 Å². The molecule has 17 heavy (non-hydrogen) atoms. The van der Waals surface area contributed by atoms with Gasteiger partial charge in [-0.1, -0.05) is 35.3 Å². The zero-order valence-electron chi connectivity index (χ0n) is 8.52. The van der Waals surface area contributed by atoms with Crippen LogP contribution in [0.2, 0.25) is 9.49 Å². The number of hydrogen-bond acceptors (Lipinski definition) is 3. The third kappa shape index (κ3) is 1.89. The van der Waals surface area contributed by atoms with E-state index in [1.165, 1.54) is 11.3 Å². The quantitative estimate of drug-likeness (QED) is 0.792. The number of rotatable bonds is 0. The van der Waals surface area contributed by atoms with Gasteiger partial charge in [0.15, 0.2) is 4.47 Å². The van der Waals surface area contributed by atoms with Crippen molar-refractivity contribution in [3.8, 4) is 0 Å². The smallest absolute Gasteiger partial charge is 0.184 e. The van der Waals surface area contributed by atoms with Crippen LogP contribution < -0.4 is 0 Å². The fourth-order valence-corrected chi connectivity index (χ4v) is 3.13. The fraction of sp³-hybridized carbons (Fsp3) is 0.0833. The Morgan fingerprint density at radius 3 is 2.88 bits per heavy atom. The Morgan fingerprint density at radius 2 is 2.06 bits per heavy atom. The summed E-state index contributed by atoms with van der Waals surface area (Å²) in [7, 11) is 0. The first kappa shape index (κ1) is 11.2. The first-order valence-electron chi connectivity index (χ1n) is 4.97. The van der Waals surface area contributed by atoms with Crippen LogP contribution in [0.4, 0.5) is 0 Å². The summed E-state index contributed by atoms with van der Waals surface area (Å²) in [6.07, 6.45) is 3.07. The molecule has 1 N–H and O–H groups in total. The van der Waals surface area contributed by atoms with E-state index in [1.54, 1.807) is 6.07 Å². The molecule has 0 amide bonds. The van der Waals surface area contributed by atoms with E-state index in [0.717, 1.165) is 16.0 Å². The van der Waals surface area contributed by atoms with Crippen molar-refractivity contribution in [2.24, 2.45) is 0 Å². The third-order valence-corrected chi connectivity index (χ3v) is 4.05. The van der Waals surface area contributed by atoms with Crippen LogP contribution in [0.5, 0.6) is 0 Å². The molecular formula is C12H7Cl2NOS. The highest BCUT2D eigenvalue weighted by atomic mass is 35.5. The number of aliphatic hydroxyl groups excluding tert-OH is 1. The molecule has 0 spiro atoms. The molecule has 1 aliphatic rings. The second-order valence-electron chi connectivity index (χ2n) is 3.73. The first-order valence-corrected chi connectivity index (χ1v) is 6.54. The summed E-state index contributed by atoms with van der Waals surface area (Å²) in [5, 5.41) is 11.0. The van der Waals surface area contributed by atoms with E-state index in [0.29, 0.717) is 15.2 Å². The van der Waals surface area contributed by atoms with Crippen LogP contribution >= 0.6 is 34.5 Å². The van der Waals surface area contributed by atoms with E-state index in [-0.39, 0.29) is 0 Å². The number of benzene rings is 1. The van der Waals surface area contributed by atoms with Crippen molar-refractivity contribution in [2.45, 2.75) is 6.10 Å². The van der Waals surface area contributed by atoms with E-state index in [9.17, 15) is 5.11 Å². The van der Waals surface area contributed by atoms with Crippen LogP contribution in [-0.4, -0.2) is 10.1 Å². The normalized spacial score (nSPS) is 17.5. The average Bonchev–Trinajstić information content (AvgIpc) is 2.62. The lowest BCUT2D eigenvalue weighted by Crippen LogP contribution is -2.02. The highest BCUT2D eigenvalue weighted by Gasteiger charge is 2.22. The number of aromatic nitrogens is 1. The molecule has 1 aromatic carbocycles. The molecule has 86 valence electrons. The number of aliphatic hydroxyl groups is 1. The zero-order chi connectivity index (χ0) is 12.0. The van der Waals surface area contributed by atoms with Gasteiger partial charge >= 0.3 is 0 Å². The Bertz CT molecular complexity index is 621. The van der Waals surface area contributed by atoms with E-state index >= 15 is 0 Å². The van der Waals surface area contributed by atoms with Crippen molar-refractivity contribution in [1.82, 2.24) is 4.98 Å². The van der Waals surface area contributed by atoms with Gasteiger partial charge in [-0.3, -0.25) is 0 Å². The molecule has 2 nitrogen and oxygen atoms in total. The lowest BCUT2D eigenvalue weighted by molar-refractivity contribution is 0.216. The molecule has 1 aromatic heterocycles. The largest absolute Gasteiger partial charge is 0.382 e. The molecular weight excluding hydrogens is 277 g/mol. The number of fused-ring (bicyclic) bond motifs is 2. The molecule has 2 aromatic rings. The summed E-state index contributed by atoms with van der Waals surface area (Å²) in [6.45, 7) is 0. The molecule has 5 heteroatoms. The summed E-state index contributed by atoms with van der Waals surface area (Å²) in [5.74, 6) is 0. The third-order valence-electron chi connectivity index (χ3n) is 2.67. The Labute approximate surface area is 112 Å². The lowest BCUT2D eigenvalue weighted by Gasteiger charge is -2.11. The molecule has 3 rings (SSSR count). The SMILES string of the molecule is OC1c2ccc(Cl)cc2C=Cc2sc(Cl)nc21. The fourth-order valence-electron chi connectivity index (χ4n) is 1.88. The van der Waals surface area contributed by atoms with Crippen LogP contribution in [0.15, 0.2) is 18.2 Å². The molecule has 0 aliphatic heterocycles. The van der Waals surface area contributed by atoms with Crippen molar-refractivity contribution in [1.29, 1.82) is 0 Å². The molecule has 0 bridgehead atoms. The number of thiazole rings is 1. The molecule has 0 radical (unpaired) electrons. The maximum Gasteiger partial charge on any atom is 0.184 e. The summed E-state index contributed by atoms with van der Waals surface area (Å²) in [5.41, 5.74) is 2.31. The van der Waals surface area contributed by atoms with Gasteiger partial charge in [-0.2, -0.15) is 0 Å². The van der Waals surface area contributed by atoms with Crippen molar-refractivity contribution in [3.63, 3.8) is 0 Å². The molecule has 0 saturated heterocycles. The highest BCUT2D eigenvalue weighted by molar-refractivity contribution is 7.16. The van der Waals surface area contributed by atoms with E-state index in [4.69, 9.17) is 23.2 Å². The van der Waals surface area contributed by atoms with Crippen molar-refractivity contribution >= 4 is 46.7 Å². The summed E-state index contributed by atoms with van der Waals surface area (Å²) >= 11 is 13.2. The van der Waals surface area contributed by atoms with E-state index < -0.39 is 6.10 Å². The van der Waals surface area contributed by atoms with Gasteiger partial charge in [-0.25, -0.2) is 4.98 Å². The second kappa shape index (κ2) is 4.10. The van der Waals surface area contributed by atoms with E-state index in [2.05, 4.69) is 4.98 Å². The Morgan fingerprint density at radius 1 is 1.24 bits per heavy atom. The van der Waals surface area contributed by atoms with Crippen molar-refractivity contribution in [3.05, 3.63) is 49.4 Å². The van der Waals surface area contributed by atoms with Gasteiger partial charge < -0.3 is 5.11 Å². The molecule has 1 heterocycles. The predicted octanol–water partition coefficient (Wildman–Crippen LogP) is 4.02. The first-order chi connectivity index (χ1) is 8.15. The van der Waals surface area contributed by atoms with Gasteiger partial charge in [0.1, 0.15) is 6.10 Å². The molecule has 1 atom stereocenters. The van der Waals surface area contributed by atoms with Gasteiger partial charge in [0.25, 0.3) is 0 Å². The maximum atomic E-state index is 10.3. The average molecular weight is 284 g/mol. The Kier molecular flexibility index (Phi) is 2.71. The van der Waals surface area contributed by atoms with Gasteiger partial charge in [-0.05, 0) is 29.3 Å². The van der Waals surface area contributed by atoms with Crippen molar-refractivity contribution < 1.29 is 5.11 Å². The van der Waals surface area contributed by atoms with Crippen LogP contribution in [0.3, 0.4) is 0 Å². The topological polar surface area (TPSA) is 33.1 Å². The van der Waals surface area contributed by atoms with Gasteiger partial charge in [0.05, 0.1) is 10.6 Å². The van der Waals surface area contributed by atoms with Gasteiger partial charge in [-0.15, -0.1) is 11.3 Å². The van der Waals surface area contributed by atoms with E-state index in [1.807, 2.05) is 24.3 Å². The van der Waals surface area contributed by atoms with Crippen LogP contribution in [0.25, 0.3) is 12.2 Å². The zero-order valence-corrected chi connectivity index (χ0v) is 10.9. The summed E-state index contributed by atoms with van der Waals surface area (Å²) in [6, 6.07) is 5.40. The Hall–Kier alpha value is -0.870. The van der Waals surface area contributed by atoms with Crippen LogP contribution in [0, 0.1) is 0 Å². The highest BCUT2D eigenvalue weighted by Crippen LogP contribution is 2.37. The minimum atomic E-state index is -0.754. The van der Waals surface area contributed by atoms with Gasteiger partial charge in [0.2, 0.25) is 0 Å². The lowest BCUT2D eigenvalue weighted by atomic mass is 10.0. The van der Waals surface area contributed by atoms with Crippen LogP contribution in [0.1, 0.15) is 27.8 Å². The number of halogens is 2. The molecule has 0 saturated carbocycles. The predicted molar refractivity (Wildman–Crippen MR) is 71.6 cm³/mol. The molecule has 1 aliphatic carbocycles. The minimum absolute atomic E-state index is 0.441. The molecule has 1 unspecified atom stereocenters. The monoisotopic (exact) mass is 283 g/mol. The van der Waals surface area contributed by atoms with Crippen LogP contribution in [-0.2, 0) is 0 Å². The number of nitrogens with zero attached hydrogens (tertiary/aromatic N) is 1. The standard InChI is InChI=1S/C12H7Cl2NOS/c13-7-2-3-8-6(5-7)1-4-9-10(11(8)16)15-12(14)17-9/h1-5,11,16H. The van der Waals surface area contributed by atoms with Crippen molar-refractivity contribution in [2.75, 3.05) is 0 Å². The second-order valence-corrected chi connectivity index (χ2v) is 5.77. The number of hydrogen-bond donors (Lipinski definition) is 1. The minimum Gasteiger partial charge on any atom is -0.382 e. The summed E-state index contributed by atoms with van der Waals surface area (Å²) in [4.78, 5) is 5.05. The summed E-state index contributed by atoms with van der Waals surface area (Å²) < 4.78 is 0.441. The molecule has 0 fully saturated rings.